The summed E-state index contributed by atoms with van der Waals surface area (Å²) < 4.78 is 2.12. The molecule has 11 heteroatoms. The van der Waals surface area contributed by atoms with Crippen LogP contribution in [0.4, 0.5) is 5.69 Å². The summed E-state index contributed by atoms with van der Waals surface area (Å²) in [6, 6.07) is 20.8. The predicted molar refractivity (Wildman–Crippen MR) is 209 cm³/mol. The molecule has 10 nitrogen and oxygen atoms in total. The Morgan fingerprint density at radius 1 is 0.870 bits per heavy atom. The Morgan fingerprint density at radius 2 is 1.56 bits per heavy atom. The van der Waals surface area contributed by atoms with Crippen LogP contribution >= 0.6 is 11.6 Å². The second-order valence-corrected chi connectivity index (χ2v) is 17.0. The Hall–Kier alpha value is -4.54. The van der Waals surface area contributed by atoms with Crippen molar-refractivity contribution in [2.75, 3.05) is 31.5 Å². The second-order valence-electron chi connectivity index (χ2n) is 16.6. The van der Waals surface area contributed by atoms with Gasteiger partial charge in [-0.15, -0.1) is 0 Å². The third-order valence-corrected chi connectivity index (χ3v) is 13.4. The molecule has 4 aromatic rings. The van der Waals surface area contributed by atoms with Crippen LogP contribution in [0.3, 0.4) is 0 Å². The lowest BCUT2D eigenvalue weighted by molar-refractivity contribution is -0.142. The Balaban J connectivity index is 0.759. The van der Waals surface area contributed by atoms with Crippen molar-refractivity contribution < 1.29 is 14.4 Å². The van der Waals surface area contributed by atoms with Gasteiger partial charge in [0.1, 0.15) is 11.9 Å². The zero-order valence-corrected chi connectivity index (χ0v) is 31.7. The normalized spacial score (nSPS) is 24.5. The number of imide groups is 1. The van der Waals surface area contributed by atoms with Gasteiger partial charge in [0.05, 0.1) is 27.0 Å². The minimum Gasteiger partial charge on any atom is -0.374 e. The zero-order chi connectivity index (χ0) is 37.3. The SMILES string of the molecule is CC1(C)c2cc(C3CCN(C4CC(C(=O)N5CCC(c6ccc(NC7CCC(=O)NC7=O)cc6)CC5)C4)CC3)ccc2-n2c1nc(=O)c1c(Cl)cccc12. The maximum atomic E-state index is 13.5. The molecule has 1 saturated carbocycles. The molecule has 1 atom stereocenters. The van der Waals surface area contributed by atoms with Crippen LogP contribution in [0.2, 0.25) is 5.02 Å². The molecule has 1 aromatic heterocycles. The topological polar surface area (TPSA) is 117 Å². The molecule has 1 aliphatic carbocycles. The number of anilines is 1. The molecule has 0 spiro atoms. The molecule has 1 unspecified atom stereocenters. The van der Waals surface area contributed by atoms with Crippen molar-refractivity contribution >= 4 is 45.9 Å². The van der Waals surface area contributed by atoms with Crippen LogP contribution in [0.25, 0.3) is 16.6 Å². The van der Waals surface area contributed by atoms with E-state index >= 15 is 0 Å². The molecule has 3 amide bonds. The molecule has 5 aliphatic rings. The summed E-state index contributed by atoms with van der Waals surface area (Å²) in [7, 11) is 0. The number of nitrogens with zero attached hydrogens (tertiary/aromatic N) is 4. The number of amides is 3. The van der Waals surface area contributed by atoms with Gasteiger partial charge in [0.15, 0.2) is 0 Å². The van der Waals surface area contributed by atoms with Gasteiger partial charge >= 0.3 is 0 Å². The van der Waals surface area contributed by atoms with Gasteiger partial charge in [0, 0.05) is 37.2 Å². The fourth-order valence-corrected chi connectivity index (χ4v) is 10.0. The van der Waals surface area contributed by atoms with Crippen molar-refractivity contribution in [3.05, 3.63) is 98.6 Å². The van der Waals surface area contributed by atoms with E-state index in [0.29, 0.717) is 47.0 Å². The highest BCUT2D eigenvalue weighted by Crippen LogP contribution is 2.45. The van der Waals surface area contributed by atoms with E-state index in [0.717, 1.165) is 87.4 Å². The number of likely N-dealkylation sites (tertiary alicyclic amines) is 2. The number of rotatable bonds is 6. The summed E-state index contributed by atoms with van der Waals surface area (Å²) in [5.41, 5.74) is 5.88. The fourth-order valence-electron chi connectivity index (χ4n) is 9.77. The van der Waals surface area contributed by atoms with E-state index in [1.807, 2.05) is 24.3 Å². The summed E-state index contributed by atoms with van der Waals surface area (Å²) in [6.07, 6.45) is 6.88. The lowest BCUT2D eigenvalue weighted by Gasteiger charge is -2.47. The molecule has 3 saturated heterocycles. The third-order valence-electron chi connectivity index (χ3n) is 13.1. The van der Waals surface area contributed by atoms with Crippen LogP contribution in [0.1, 0.15) is 99.6 Å². The maximum Gasteiger partial charge on any atom is 0.282 e. The van der Waals surface area contributed by atoms with Crippen molar-refractivity contribution in [3.63, 3.8) is 0 Å². The maximum absolute atomic E-state index is 13.5. The average Bonchev–Trinajstić information content (AvgIpc) is 3.38. The number of hydrogen-bond acceptors (Lipinski definition) is 7. The minimum atomic E-state index is -0.408. The van der Waals surface area contributed by atoms with E-state index < -0.39 is 5.41 Å². The Morgan fingerprint density at radius 3 is 2.28 bits per heavy atom. The van der Waals surface area contributed by atoms with Crippen molar-refractivity contribution in [1.82, 2.24) is 24.7 Å². The first-order valence-electron chi connectivity index (χ1n) is 19.6. The van der Waals surface area contributed by atoms with Crippen LogP contribution in [-0.4, -0.2) is 75.3 Å². The van der Waals surface area contributed by atoms with Gasteiger partial charge in [-0.2, -0.15) is 4.98 Å². The summed E-state index contributed by atoms with van der Waals surface area (Å²) >= 11 is 6.46. The predicted octanol–water partition coefficient (Wildman–Crippen LogP) is 6.26. The molecule has 280 valence electrons. The van der Waals surface area contributed by atoms with Crippen molar-refractivity contribution in [1.29, 1.82) is 0 Å². The van der Waals surface area contributed by atoms with Gasteiger partial charge in [-0.1, -0.05) is 41.9 Å². The van der Waals surface area contributed by atoms with E-state index in [-0.39, 0.29) is 29.3 Å². The van der Waals surface area contributed by atoms with Gasteiger partial charge in [-0.05, 0) is 131 Å². The molecule has 2 N–H and O–H groups in total. The first-order chi connectivity index (χ1) is 26.0. The number of halogens is 1. The van der Waals surface area contributed by atoms with Crippen molar-refractivity contribution in [2.24, 2.45) is 5.92 Å². The third kappa shape index (κ3) is 6.11. The number of nitrogens with one attached hydrogen (secondary N) is 2. The highest BCUT2D eigenvalue weighted by Gasteiger charge is 2.42. The molecule has 54 heavy (non-hydrogen) atoms. The van der Waals surface area contributed by atoms with E-state index in [1.54, 1.807) is 6.07 Å². The number of carbonyl (C=O) groups is 3. The van der Waals surface area contributed by atoms with Gasteiger partial charge < -0.3 is 15.1 Å². The lowest BCUT2D eigenvalue weighted by atomic mass is 9.76. The van der Waals surface area contributed by atoms with E-state index in [2.05, 4.69) is 74.2 Å². The number of hydrogen-bond donors (Lipinski definition) is 2. The number of piperidine rings is 3. The molecule has 0 bridgehead atoms. The zero-order valence-electron chi connectivity index (χ0n) is 30.9. The fraction of sp³-hybridized carbons (Fsp3) is 0.465. The van der Waals surface area contributed by atoms with Crippen LogP contribution in [0.5, 0.6) is 0 Å². The summed E-state index contributed by atoms with van der Waals surface area (Å²) in [5, 5.41) is 6.55. The van der Waals surface area contributed by atoms with Crippen LogP contribution < -0.4 is 16.2 Å². The summed E-state index contributed by atoms with van der Waals surface area (Å²) in [4.78, 5) is 59.4. The molecule has 3 aromatic carbocycles. The molecule has 4 fully saturated rings. The highest BCUT2D eigenvalue weighted by molar-refractivity contribution is 6.35. The molecule has 0 radical (unpaired) electrons. The molecular formula is C43H47ClN6O4. The van der Waals surface area contributed by atoms with Gasteiger partial charge in [-0.3, -0.25) is 29.1 Å². The monoisotopic (exact) mass is 746 g/mol. The standard InChI is InChI=1S/C43H47ClN6O4/c1-43(2)32-24-28(8-12-35(32)50-36-5-3-4-33(44)38(36)40(53)47-42(43)50)27-14-18-48(19-15-27)31-22-29(23-31)41(54)49-20-16-26(17-21-49)25-6-9-30(10-7-25)45-34-11-13-37(51)46-39(34)52/h3-10,12,24,26-27,29,31,34,45H,11,13-23H2,1-2H3,(H,46,51,52). The van der Waals surface area contributed by atoms with Gasteiger partial charge in [0.2, 0.25) is 17.7 Å². The molecule has 5 heterocycles. The number of fused-ring (bicyclic) bond motifs is 5. The Kier molecular flexibility index (Phi) is 8.89. The quantitative estimate of drug-likeness (QED) is 0.224. The number of aromatic nitrogens is 2. The number of benzene rings is 3. The molecule has 4 aliphatic heterocycles. The Labute approximate surface area is 320 Å². The highest BCUT2D eigenvalue weighted by atomic mass is 35.5. The van der Waals surface area contributed by atoms with Crippen molar-refractivity contribution in [3.8, 4) is 5.69 Å². The molecule has 9 rings (SSSR count). The first-order valence-corrected chi connectivity index (χ1v) is 20.0. The first kappa shape index (κ1) is 35.2. The van der Waals surface area contributed by atoms with E-state index in [9.17, 15) is 19.2 Å². The van der Waals surface area contributed by atoms with E-state index in [4.69, 9.17) is 11.6 Å². The summed E-state index contributed by atoms with van der Waals surface area (Å²) in [6.45, 7) is 7.99. The molecular weight excluding hydrogens is 700 g/mol. The number of carbonyl (C=O) groups excluding carboxylic acids is 3. The smallest absolute Gasteiger partial charge is 0.282 e. The summed E-state index contributed by atoms with van der Waals surface area (Å²) in [5.74, 6) is 1.64. The second kappa shape index (κ2) is 13.6. The van der Waals surface area contributed by atoms with Crippen LogP contribution in [0, 0.1) is 5.92 Å². The van der Waals surface area contributed by atoms with Crippen LogP contribution in [0.15, 0.2) is 65.5 Å². The lowest BCUT2D eigenvalue weighted by Crippen LogP contribution is -2.53. The van der Waals surface area contributed by atoms with Gasteiger partial charge in [0.25, 0.3) is 5.56 Å². The largest absolute Gasteiger partial charge is 0.374 e. The Bertz CT molecular complexity index is 2210. The average molecular weight is 747 g/mol. The van der Waals surface area contributed by atoms with Crippen molar-refractivity contribution in [2.45, 2.75) is 94.5 Å². The van der Waals surface area contributed by atoms with Crippen LogP contribution in [-0.2, 0) is 19.8 Å². The van der Waals surface area contributed by atoms with E-state index in [1.165, 1.54) is 16.7 Å². The van der Waals surface area contributed by atoms with Gasteiger partial charge in [-0.25, -0.2) is 0 Å². The minimum absolute atomic E-state index is 0.134.